The summed E-state index contributed by atoms with van der Waals surface area (Å²) in [7, 11) is 1.86. The molecule has 1 aromatic rings. The van der Waals surface area contributed by atoms with Crippen LogP contribution in [0.15, 0.2) is 18.2 Å². The molecule has 0 radical (unpaired) electrons. The molecule has 0 heterocycles. The lowest BCUT2D eigenvalue weighted by molar-refractivity contribution is -0.385. The van der Waals surface area contributed by atoms with Crippen LogP contribution in [0.5, 0.6) is 0 Å². The predicted molar refractivity (Wildman–Crippen MR) is 67.4 cm³/mol. The van der Waals surface area contributed by atoms with E-state index in [-0.39, 0.29) is 16.7 Å². The van der Waals surface area contributed by atoms with Crippen molar-refractivity contribution in [2.24, 2.45) is 0 Å². The van der Waals surface area contributed by atoms with Gasteiger partial charge in [0.15, 0.2) is 0 Å². The van der Waals surface area contributed by atoms with Crippen LogP contribution in [0.2, 0.25) is 0 Å². The fraction of sp³-hybridized carbons (Fsp3) is 0.500. The van der Waals surface area contributed by atoms with Crippen LogP contribution in [0, 0.1) is 17.0 Å². The van der Waals surface area contributed by atoms with Crippen molar-refractivity contribution in [2.45, 2.75) is 26.4 Å². The van der Waals surface area contributed by atoms with Crippen LogP contribution in [-0.4, -0.2) is 29.7 Å². The van der Waals surface area contributed by atoms with Crippen LogP contribution < -0.4 is 4.90 Å². The monoisotopic (exact) mass is 238 g/mol. The first-order valence-electron chi connectivity index (χ1n) is 5.56. The van der Waals surface area contributed by atoms with Gasteiger partial charge in [0.1, 0.15) is 0 Å². The van der Waals surface area contributed by atoms with Crippen LogP contribution in [0.4, 0.5) is 11.4 Å². The highest BCUT2D eigenvalue weighted by Gasteiger charge is 2.13. The maximum absolute atomic E-state index is 10.8. The molecule has 1 aromatic carbocycles. The van der Waals surface area contributed by atoms with Crippen molar-refractivity contribution in [2.75, 3.05) is 18.5 Å². The first-order valence-corrected chi connectivity index (χ1v) is 5.56. The Balaban J connectivity index is 2.84. The van der Waals surface area contributed by atoms with Gasteiger partial charge in [-0.25, -0.2) is 0 Å². The molecule has 0 aliphatic heterocycles. The molecule has 1 unspecified atom stereocenters. The molecule has 0 aliphatic rings. The minimum atomic E-state index is -0.374. The van der Waals surface area contributed by atoms with Crippen molar-refractivity contribution < 1.29 is 10.0 Å². The van der Waals surface area contributed by atoms with Crippen molar-refractivity contribution in [3.8, 4) is 0 Å². The molecule has 0 fully saturated rings. The molecule has 0 saturated carbocycles. The Bertz CT molecular complexity index is 405. The van der Waals surface area contributed by atoms with E-state index in [9.17, 15) is 15.2 Å². The number of aliphatic hydroxyl groups excluding tert-OH is 1. The summed E-state index contributed by atoms with van der Waals surface area (Å²) in [6.07, 6.45) is 0.274. The number of anilines is 1. The third-order valence-electron chi connectivity index (χ3n) is 2.71. The first kappa shape index (κ1) is 13.4. The molecule has 1 atom stereocenters. The van der Waals surface area contributed by atoms with E-state index >= 15 is 0 Å². The van der Waals surface area contributed by atoms with Crippen molar-refractivity contribution in [1.82, 2.24) is 0 Å². The maximum atomic E-state index is 10.8. The Kier molecular flexibility index (Phi) is 4.45. The number of hydrogen-bond acceptors (Lipinski definition) is 4. The molecule has 0 aromatic heterocycles. The summed E-state index contributed by atoms with van der Waals surface area (Å²) in [6.45, 7) is 4.11. The molecule has 17 heavy (non-hydrogen) atoms. The van der Waals surface area contributed by atoms with Crippen LogP contribution in [0.3, 0.4) is 0 Å². The SMILES string of the molecule is Cc1ccc(N(C)CCC(C)O)cc1[N+](=O)[O-]. The highest BCUT2D eigenvalue weighted by atomic mass is 16.6. The Morgan fingerprint density at radius 1 is 1.53 bits per heavy atom. The summed E-state index contributed by atoms with van der Waals surface area (Å²) >= 11 is 0. The lowest BCUT2D eigenvalue weighted by atomic mass is 10.1. The van der Waals surface area contributed by atoms with Crippen LogP contribution in [0.25, 0.3) is 0 Å². The second kappa shape index (κ2) is 5.63. The van der Waals surface area contributed by atoms with Gasteiger partial charge in [0.05, 0.1) is 11.0 Å². The topological polar surface area (TPSA) is 66.6 Å². The Morgan fingerprint density at radius 2 is 2.18 bits per heavy atom. The van der Waals surface area contributed by atoms with E-state index in [2.05, 4.69) is 0 Å². The summed E-state index contributed by atoms with van der Waals surface area (Å²) in [5.74, 6) is 0. The number of aliphatic hydroxyl groups is 1. The van der Waals surface area contributed by atoms with E-state index in [1.165, 1.54) is 0 Å². The minimum absolute atomic E-state index is 0.131. The van der Waals surface area contributed by atoms with Gasteiger partial charge in [-0.15, -0.1) is 0 Å². The lowest BCUT2D eigenvalue weighted by Gasteiger charge is -2.20. The van der Waals surface area contributed by atoms with Crippen LogP contribution in [0.1, 0.15) is 18.9 Å². The number of hydrogen-bond donors (Lipinski definition) is 1. The van der Waals surface area contributed by atoms with E-state index in [1.54, 1.807) is 26.0 Å². The van der Waals surface area contributed by atoms with E-state index in [1.807, 2.05) is 18.0 Å². The standard InChI is InChI=1S/C12H18N2O3/c1-9-4-5-11(8-12(9)14(16)17)13(3)7-6-10(2)15/h4-5,8,10,15H,6-7H2,1-3H3. The van der Waals surface area contributed by atoms with E-state index in [0.29, 0.717) is 18.5 Å². The predicted octanol–water partition coefficient (Wildman–Crippen LogP) is 2.11. The van der Waals surface area contributed by atoms with Gasteiger partial charge < -0.3 is 10.0 Å². The second-order valence-electron chi connectivity index (χ2n) is 4.29. The minimum Gasteiger partial charge on any atom is -0.393 e. The average molecular weight is 238 g/mol. The molecule has 1 rings (SSSR count). The highest BCUT2D eigenvalue weighted by molar-refractivity contribution is 5.56. The Labute approximate surface area is 101 Å². The summed E-state index contributed by atoms with van der Waals surface area (Å²) in [5.41, 5.74) is 1.58. The average Bonchev–Trinajstić information content (AvgIpc) is 2.26. The fourth-order valence-electron chi connectivity index (χ4n) is 1.54. The summed E-state index contributed by atoms with van der Waals surface area (Å²) in [6, 6.07) is 5.16. The number of nitro groups is 1. The molecule has 0 amide bonds. The molecule has 1 N–H and O–H groups in total. The van der Waals surface area contributed by atoms with Gasteiger partial charge in [-0.05, 0) is 26.3 Å². The van der Waals surface area contributed by atoms with Crippen molar-refractivity contribution >= 4 is 11.4 Å². The molecular formula is C12H18N2O3. The summed E-state index contributed by atoms with van der Waals surface area (Å²) < 4.78 is 0. The number of aryl methyl sites for hydroxylation is 1. The quantitative estimate of drug-likeness (QED) is 0.630. The molecular weight excluding hydrogens is 220 g/mol. The molecule has 0 spiro atoms. The zero-order valence-electron chi connectivity index (χ0n) is 10.4. The number of rotatable bonds is 5. The highest BCUT2D eigenvalue weighted by Crippen LogP contribution is 2.24. The molecule has 94 valence electrons. The maximum Gasteiger partial charge on any atom is 0.274 e. The first-order chi connectivity index (χ1) is 7.91. The van der Waals surface area contributed by atoms with E-state index in [0.717, 1.165) is 5.69 Å². The van der Waals surface area contributed by atoms with Crippen molar-refractivity contribution in [3.63, 3.8) is 0 Å². The van der Waals surface area contributed by atoms with E-state index in [4.69, 9.17) is 0 Å². The normalized spacial score (nSPS) is 12.2. The molecule has 5 heteroatoms. The van der Waals surface area contributed by atoms with Gasteiger partial charge in [-0.3, -0.25) is 10.1 Å². The second-order valence-corrected chi connectivity index (χ2v) is 4.29. The third-order valence-corrected chi connectivity index (χ3v) is 2.71. The molecule has 0 aliphatic carbocycles. The van der Waals surface area contributed by atoms with Gasteiger partial charge >= 0.3 is 0 Å². The largest absolute Gasteiger partial charge is 0.393 e. The van der Waals surface area contributed by atoms with Crippen molar-refractivity contribution in [3.05, 3.63) is 33.9 Å². The van der Waals surface area contributed by atoms with Gasteiger partial charge in [0.25, 0.3) is 5.69 Å². The Hall–Kier alpha value is -1.62. The number of nitrogens with zero attached hydrogens (tertiary/aromatic N) is 2. The van der Waals surface area contributed by atoms with E-state index < -0.39 is 0 Å². The van der Waals surface area contributed by atoms with Gasteiger partial charge in [0.2, 0.25) is 0 Å². The zero-order valence-corrected chi connectivity index (χ0v) is 10.4. The lowest BCUT2D eigenvalue weighted by Crippen LogP contribution is -2.21. The Morgan fingerprint density at radius 3 is 2.71 bits per heavy atom. The number of nitro benzene ring substituents is 1. The fourth-order valence-corrected chi connectivity index (χ4v) is 1.54. The van der Waals surface area contributed by atoms with Gasteiger partial charge in [-0.2, -0.15) is 0 Å². The molecule has 5 nitrogen and oxygen atoms in total. The van der Waals surface area contributed by atoms with Gasteiger partial charge in [0, 0.05) is 30.9 Å². The summed E-state index contributed by atoms with van der Waals surface area (Å²) in [4.78, 5) is 12.3. The number of benzene rings is 1. The molecule has 0 bridgehead atoms. The van der Waals surface area contributed by atoms with Crippen LogP contribution >= 0.6 is 0 Å². The van der Waals surface area contributed by atoms with Gasteiger partial charge in [-0.1, -0.05) is 6.07 Å². The third kappa shape index (κ3) is 3.71. The smallest absolute Gasteiger partial charge is 0.274 e. The molecule has 0 saturated heterocycles. The van der Waals surface area contributed by atoms with Crippen LogP contribution in [-0.2, 0) is 0 Å². The zero-order chi connectivity index (χ0) is 13.0. The van der Waals surface area contributed by atoms with Crippen molar-refractivity contribution in [1.29, 1.82) is 0 Å². The summed E-state index contributed by atoms with van der Waals surface area (Å²) in [5, 5.41) is 20.0.